The van der Waals surface area contributed by atoms with Crippen LogP contribution >= 0.6 is 0 Å². The van der Waals surface area contributed by atoms with Crippen LogP contribution in [0.25, 0.3) is 0 Å². The number of likely N-dealkylation sites (tertiary alicyclic amines) is 1. The summed E-state index contributed by atoms with van der Waals surface area (Å²) in [7, 11) is 0. The van der Waals surface area contributed by atoms with Gasteiger partial charge in [0.05, 0.1) is 13.1 Å². The van der Waals surface area contributed by atoms with E-state index < -0.39 is 0 Å². The molecule has 18 heavy (non-hydrogen) atoms. The van der Waals surface area contributed by atoms with Gasteiger partial charge in [-0.3, -0.25) is 4.79 Å². The molecule has 98 valence electrons. The Morgan fingerprint density at radius 3 is 2.44 bits per heavy atom. The second kappa shape index (κ2) is 6.01. The molecule has 0 aliphatic carbocycles. The van der Waals surface area contributed by atoms with E-state index in [0.29, 0.717) is 6.54 Å². The fourth-order valence-corrected chi connectivity index (χ4v) is 3.02. The lowest BCUT2D eigenvalue weighted by Gasteiger charge is -2.31. The summed E-state index contributed by atoms with van der Waals surface area (Å²) in [6, 6.07) is 9.68. The van der Waals surface area contributed by atoms with Gasteiger partial charge in [0.2, 0.25) is 0 Å². The van der Waals surface area contributed by atoms with Gasteiger partial charge in [-0.05, 0) is 18.6 Å². The molecule has 0 radical (unpaired) electrons. The second-order valence-corrected chi connectivity index (χ2v) is 5.70. The molecule has 3 nitrogen and oxygen atoms in total. The summed E-state index contributed by atoms with van der Waals surface area (Å²) in [5.74, 6) is 1.58. The topological polar surface area (TPSA) is 33.5 Å². The van der Waals surface area contributed by atoms with Crippen molar-refractivity contribution in [1.82, 2.24) is 0 Å². The van der Waals surface area contributed by atoms with E-state index in [1.807, 2.05) is 30.3 Å². The maximum atomic E-state index is 12.0. The van der Waals surface area contributed by atoms with E-state index in [-0.39, 0.29) is 5.91 Å². The minimum Gasteiger partial charge on any atom is -0.327 e. The second-order valence-electron chi connectivity index (χ2n) is 5.70. The number of amides is 1. The number of para-hydroxylation sites is 1. The highest BCUT2D eigenvalue weighted by molar-refractivity contribution is 5.91. The van der Waals surface area contributed by atoms with Crippen molar-refractivity contribution in [2.75, 3.05) is 25.0 Å². The largest absolute Gasteiger partial charge is 0.327 e. The molecule has 3 atom stereocenters. The number of nitrogens with one attached hydrogen (secondary N) is 2. The van der Waals surface area contributed by atoms with E-state index in [4.69, 9.17) is 0 Å². The minimum atomic E-state index is 0.123. The summed E-state index contributed by atoms with van der Waals surface area (Å²) >= 11 is 0. The number of hydrogen-bond acceptors (Lipinski definition) is 1. The monoisotopic (exact) mass is 247 g/mol. The summed E-state index contributed by atoms with van der Waals surface area (Å²) in [5.41, 5.74) is 0.889. The molecule has 1 aliphatic heterocycles. The first kappa shape index (κ1) is 13.1. The molecule has 0 aromatic heterocycles. The number of piperidine rings is 1. The number of carbonyl (C=O) groups excluding carboxylic acids is 1. The van der Waals surface area contributed by atoms with Gasteiger partial charge in [0.1, 0.15) is 0 Å². The molecular formula is C15H23N2O+. The van der Waals surface area contributed by atoms with E-state index in [2.05, 4.69) is 19.2 Å². The summed E-state index contributed by atoms with van der Waals surface area (Å²) in [6.45, 7) is 7.39. The molecule has 1 unspecified atom stereocenters. The number of quaternary nitrogens is 1. The van der Waals surface area contributed by atoms with Crippen molar-refractivity contribution in [1.29, 1.82) is 0 Å². The molecule has 0 bridgehead atoms. The summed E-state index contributed by atoms with van der Waals surface area (Å²) in [4.78, 5) is 13.4. The zero-order chi connectivity index (χ0) is 13.0. The van der Waals surface area contributed by atoms with Crippen molar-refractivity contribution in [3.8, 4) is 0 Å². The maximum absolute atomic E-state index is 12.0. The molecule has 2 N–H and O–H groups in total. The Labute approximate surface area is 109 Å². The highest BCUT2D eigenvalue weighted by Gasteiger charge is 2.26. The molecule has 0 saturated carbocycles. The van der Waals surface area contributed by atoms with E-state index in [1.54, 1.807) is 0 Å². The van der Waals surface area contributed by atoms with Gasteiger partial charge in [-0.25, -0.2) is 0 Å². The predicted octanol–water partition coefficient (Wildman–Crippen LogP) is 1.19. The Morgan fingerprint density at radius 1 is 1.22 bits per heavy atom. The fraction of sp³-hybridized carbons (Fsp3) is 0.533. The van der Waals surface area contributed by atoms with Crippen LogP contribution in [0, 0.1) is 11.8 Å². The molecule has 1 amide bonds. The Morgan fingerprint density at radius 2 is 1.83 bits per heavy atom. The SMILES string of the molecule is C[C@@H]1C[C@H](C)C[NH+](CC(=O)Nc2ccccc2)C1. The van der Waals surface area contributed by atoms with Crippen LogP contribution in [0.5, 0.6) is 0 Å². The Bertz CT molecular complexity index is 381. The van der Waals surface area contributed by atoms with E-state index in [0.717, 1.165) is 30.6 Å². The zero-order valence-corrected chi connectivity index (χ0v) is 11.3. The van der Waals surface area contributed by atoms with Crippen LogP contribution in [0.1, 0.15) is 20.3 Å². The summed E-state index contributed by atoms with van der Waals surface area (Å²) < 4.78 is 0. The van der Waals surface area contributed by atoms with Crippen LogP contribution in [0.3, 0.4) is 0 Å². The molecule has 1 heterocycles. The highest BCUT2D eigenvalue weighted by Crippen LogP contribution is 2.11. The van der Waals surface area contributed by atoms with Gasteiger partial charge in [0.25, 0.3) is 5.91 Å². The predicted molar refractivity (Wildman–Crippen MR) is 73.6 cm³/mol. The number of hydrogen-bond donors (Lipinski definition) is 2. The summed E-state index contributed by atoms with van der Waals surface area (Å²) in [6.07, 6.45) is 1.30. The van der Waals surface area contributed by atoms with Gasteiger partial charge in [0, 0.05) is 17.5 Å². The number of anilines is 1. The van der Waals surface area contributed by atoms with Gasteiger partial charge >= 0.3 is 0 Å². The first-order chi connectivity index (χ1) is 8.63. The molecule has 1 aromatic rings. The average molecular weight is 247 g/mol. The lowest BCUT2D eigenvalue weighted by atomic mass is 9.92. The lowest BCUT2D eigenvalue weighted by Crippen LogP contribution is -3.15. The first-order valence-corrected chi connectivity index (χ1v) is 6.82. The van der Waals surface area contributed by atoms with Gasteiger partial charge < -0.3 is 10.2 Å². The molecule has 0 spiro atoms. The van der Waals surface area contributed by atoms with E-state index in [9.17, 15) is 4.79 Å². The van der Waals surface area contributed by atoms with Crippen LogP contribution in [-0.2, 0) is 4.79 Å². The van der Waals surface area contributed by atoms with Crippen molar-refractivity contribution in [2.45, 2.75) is 20.3 Å². The fourth-order valence-electron chi connectivity index (χ4n) is 3.02. The smallest absolute Gasteiger partial charge is 0.279 e. The maximum Gasteiger partial charge on any atom is 0.279 e. The third-order valence-corrected chi connectivity index (χ3v) is 3.55. The zero-order valence-electron chi connectivity index (χ0n) is 11.3. The van der Waals surface area contributed by atoms with Crippen molar-refractivity contribution in [2.24, 2.45) is 11.8 Å². The Balaban J connectivity index is 1.84. The van der Waals surface area contributed by atoms with Crippen LogP contribution in [-0.4, -0.2) is 25.5 Å². The van der Waals surface area contributed by atoms with Crippen LogP contribution < -0.4 is 10.2 Å². The quantitative estimate of drug-likeness (QED) is 0.826. The van der Waals surface area contributed by atoms with Gasteiger partial charge in [-0.1, -0.05) is 32.0 Å². The molecule has 2 rings (SSSR count). The minimum absolute atomic E-state index is 0.123. The molecule has 1 fully saturated rings. The third kappa shape index (κ3) is 3.84. The molecule has 1 saturated heterocycles. The van der Waals surface area contributed by atoms with Crippen molar-refractivity contribution < 1.29 is 9.69 Å². The molecule has 3 heteroatoms. The molecule has 1 aliphatic rings. The Hall–Kier alpha value is -1.35. The highest BCUT2D eigenvalue weighted by atomic mass is 16.2. The van der Waals surface area contributed by atoms with Gasteiger partial charge in [0.15, 0.2) is 6.54 Å². The van der Waals surface area contributed by atoms with Crippen molar-refractivity contribution >= 4 is 11.6 Å². The number of benzene rings is 1. The first-order valence-electron chi connectivity index (χ1n) is 6.82. The number of rotatable bonds is 3. The van der Waals surface area contributed by atoms with Crippen molar-refractivity contribution in [3.05, 3.63) is 30.3 Å². The van der Waals surface area contributed by atoms with Crippen LogP contribution in [0.2, 0.25) is 0 Å². The molecule has 1 aromatic carbocycles. The standard InChI is InChI=1S/C15H22N2O/c1-12-8-13(2)10-17(9-12)11-15(18)16-14-6-4-3-5-7-14/h3-7,12-13H,8-11H2,1-2H3,(H,16,18)/p+1/t12-,13+. The van der Waals surface area contributed by atoms with Gasteiger partial charge in [-0.15, -0.1) is 0 Å². The average Bonchev–Trinajstić information content (AvgIpc) is 2.28. The van der Waals surface area contributed by atoms with Gasteiger partial charge in [-0.2, -0.15) is 0 Å². The number of carbonyl (C=O) groups is 1. The third-order valence-electron chi connectivity index (χ3n) is 3.55. The summed E-state index contributed by atoms with van der Waals surface area (Å²) in [5, 5.41) is 2.96. The Kier molecular flexibility index (Phi) is 4.37. The molecular weight excluding hydrogens is 224 g/mol. The lowest BCUT2D eigenvalue weighted by molar-refractivity contribution is -0.904. The normalized spacial score (nSPS) is 27.8. The van der Waals surface area contributed by atoms with E-state index >= 15 is 0 Å². The van der Waals surface area contributed by atoms with E-state index in [1.165, 1.54) is 11.3 Å². The van der Waals surface area contributed by atoms with Crippen LogP contribution in [0.15, 0.2) is 30.3 Å². The van der Waals surface area contributed by atoms with Crippen LogP contribution in [0.4, 0.5) is 5.69 Å². The van der Waals surface area contributed by atoms with Crippen molar-refractivity contribution in [3.63, 3.8) is 0 Å².